The number of anilines is 1. The van der Waals surface area contributed by atoms with E-state index in [2.05, 4.69) is 45.7 Å². The van der Waals surface area contributed by atoms with E-state index in [-0.39, 0.29) is 0 Å². The zero-order valence-corrected chi connectivity index (χ0v) is 12.6. The molecular weight excluding hydrogens is 300 g/mol. The van der Waals surface area contributed by atoms with Crippen molar-refractivity contribution in [1.29, 1.82) is 0 Å². The second-order valence-corrected chi connectivity index (χ2v) is 6.14. The fourth-order valence-corrected chi connectivity index (χ4v) is 2.99. The number of nitrogens with zero attached hydrogens (tertiary/aromatic N) is 2. The minimum Gasteiger partial charge on any atom is -0.353 e. The number of rotatable bonds is 2. The van der Waals surface area contributed by atoms with Crippen molar-refractivity contribution >= 4 is 33.3 Å². The van der Waals surface area contributed by atoms with Crippen LogP contribution in [0.15, 0.2) is 16.7 Å². The van der Waals surface area contributed by atoms with Gasteiger partial charge in [-0.1, -0.05) is 6.92 Å². The average Bonchev–Trinajstić information content (AvgIpc) is 2.32. The van der Waals surface area contributed by atoms with Crippen molar-refractivity contribution in [3.05, 3.63) is 22.3 Å². The maximum absolute atomic E-state index is 6.02. The van der Waals surface area contributed by atoms with E-state index in [1.807, 2.05) is 6.20 Å². The first-order valence-corrected chi connectivity index (χ1v) is 7.41. The van der Waals surface area contributed by atoms with Crippen LogP contribution in [-0.2, 0) is 5.88 Å². The molecule has 2 heterocycles. The summed E-state index contributed by atoms with van der Waals surface area (Å²) < 4.78 is 0.995. The highest BCUT2D eigenvalue weighted by molar-refractivity contribution is 9.10. The lowest BCUT2D eigenvalue weighted by Gasteiger charge is -2.38. The molecule has 0 radical (unpaired) electrons. The lowest BCUT2D eigenvalue weighted by molar-refractivity contribution is 0.387. The Kier molecular flexibility index (Phi) is 4.31. The maximum Gasteiger partial charge on any atom is 0.133 e. The SMILES string of the molecule is CC1CCC(C)N(c2ncc(Br)cc2CCl)C1. The summed E-state index contributed by atoms with van der Waals surface area (Å²) in [4.78, 5) is 6.95. The summed E-state index contributed by atoms with van der Waals surface area (Å²) in [5.74, 6) is 2.31. The molecule has 0 N–H and O–H groups in total. The molecule has 1 aliphatic rings. The van der Waals surface area contributed by atoms with Gasteiger partial charge in [0, 0.05) is 28.8 Å². The van der Waals surface area contributed by atoms with Crippen LogP contribution in [0.1, 0.15) is 32.3 Å². The smallest absolute Gasteiger partial charge is 0.133 e. The Morgan fingerprint density at radius 3 is 2.94 bits per heavy atom. The average molecular weight is 318 g/mol. The Balaban J connectivity index is 2.31. The summed E-state index contributed by atoms with van der Waals surface area (Å²) in [6.07, 6.45) is 4.41. The second-order valence-electron chi connectivity index (χ2n) is 4.95. The van der Waals surface area contributed by atoms with Crippen LogP contribution in [0.4, 0.5) is 5.82 Å². The monoisotopic (exact) mass is 316 g/mol. The van der Waals surface area contributed by atoms with E-state index < -0.39 is 0 Å². The van der Waals surface area contributed by atoms with E-state index in [4.69, 9.17) is 11.6 Å². The number of halogens is 2. The van der Waals surface area contributed by atoms with Crippen molar-refractivity contribution < 1.29 is 0 Å². The number of piperidine rings is 1. The van der Waals surface area contributed by atoms with Crippen LogP contribution >= 0.6 is 27.5 Å². The molecule has 1 fully saturated rings. The number of hydrogen-bond acceptors (Lipinski definition) is 2. The third-order valence-electron chi connectivity index (χ3n) is 3.44. The van der Waals surface area contributed by atoms with Crippen molar-refractivity contribution in [1.82, 2.24) is 4.98 Å². The molecule has 1 saturated heterocycles. The van der Waals surface area contributed by atoms with Crippen molar-refractivity contribution in [2.24, 2.45) is 5.92 Å². The Morgan fingerprint density at radius 1 is 1.47 bits per heavy atom. The molecule has 1 aromatic rings. The number of alkyl halides is 1. The van der Waals surface area contributed by atoms with Crippen LogP contribution in [0.5, 0.6) is 0 Å². The van der Waals surface area contributed by atoms with E-state index in [0.717, 1.165) is 28.3 Å². The Bertz CT molecular complexity index is 397. The molecule has 0 bridgehead atoms. The normalized spacial score (nSPS) is 25.1. The molecular formula is C13H18BrClN2. The molecule has 2 unspecified atom stereocenters. The molecule has 0 aromatic carbocycles. The molecule has 94 valence electrons. The molecule has 17 heavy (non-hydrogen) atoms. The Hall–Kier alpha value is -0.280. The van der Waals surface area contributed by atoms with E-state index in [1.54, 1.807) is 0 Å². The van der Waals surface area contributed by atoms with Gasteiger partial charge in [-0.3, -0.25) is 0 Å². The van der Waals surface area contributed by atoms with Gasteiger partial charge in [-0.25, -0.2) is 4.98 Å². The van der Waals surface area contributed by atoms with Gasteiger partial charge in [0.2, 0.25) is 0 Å². The zero-order chi connectivity index (χ0) is 12.4. The fraction of sp³-hybridized carbons (Fsp3) is 0.615. The highest BCUT2D eigenvalue weighted by Crippen LogP contribution is 2.30. The van der Waals surface area contributed by atoms with Crippen molar-refractivity contribution in [3.8, 4) is 0 Å². The standard InChI is InChI=1S/C13H18BrClN2/c1-9-3-4-10(2)17(8-9)13-11(6-15)5-12(14)7-16-13/h5,7,9-10H,3-4,6,8H2,1-2H3. The van der Waals surface area contributed by atoms with E-state index in [1.165, 1.54) is 12.8 Å². The van der Waals surface area contributed by atoms with Gasteiger partial charge in [-0.05, 0) is 47.7 Å². The van der Waals surface area contributed by atoms with Crippen LogP contribution < -0.4 is 4.90 Å². The lowest BCUT2D eigenvalue weighted by atomic mass is 9.95. The van der Waals surface area contributed by atoms with E-state index >= 15 is 0 Å². The van der Waals surface area contributed by atoms with Crippen LogP contribution in [-0.4, -0.2) is 17.6 Å². The molecule has 1 aliphatic heterocycles. The van der Waals surface area contributed by atoms with Gasteiger partial charge in [-0.2, -0.15) is 0 Å². The first-order valence-electron chi connectivity index (χ1n) is 6.09. The van der Waals surface area contributed by atoms with Gasteiger partial charge in [0.1, 0.15) is 5.82 Å². The predicted molar refractivity (Wildman–Crippen MR) is 76.7 cm³/mol. The molecule has 1 aromatic heterocycles. The summed E-state index contributed by atoms with van der Waals surface area (Å²) in [5, 5.41) is 0. The first kappa shape index (κ1) is 13.2. The van der Waals surface area contributed by atoms with Gasteiger partial charge in [-0.15, -0.1) is 11.6 Å². The largest absolute Gasteiger partial charge is 0.353 e. The van der Waals surface area contributed by atoms with Crippen LogP contribution in [0.3, 0.4) is 0 Å². The molecule has 0 amide bonds. The molecule has 2 atom stereocenters. The number of hydrogen-bond donors (Lipinski definition) is 0. The summed E-state index contributed by atoms with van der Waals surface area (Å²) in [6.45, 7) is 5.66. The molecule has 2 rings (SSSR count). The Labute approximate surface area is 116 Å². The van der Waals surface area contributed by atoms with Gasteiger partial charge < -0.3 is 4.90 Å². The summed E-state index contributed by atoms with van der Waals surface area (Å²) in [5.41, 5.74) is 1.11. The van der Waals surface area contributed by atoms with E-state index in [0.29, 0.717) is 11.9 Å². The third-order valence-corrected chi connectivity index (χ3v) is 4.16. The maximum atomic E-state index is 6.02. The van der Waals surface area contributed by atoms with Gasteiger partial charge in [0.05, 0.1) is 5.88 Å². The molecule has 0 spiro atoms. The second kappa shape index (κ2) is 5.57. The van der Waals surface area contributed by atoms with Gasteiger partial charge in [0.25, 0.3) is 0 Å². The first-order chi connectivity index (χ1) is 8.11. The van der Waals surface area contributed by atoms with Crippen molar-refractivity contribution in [3.63, 3.8) is 0 Å². The van der Waals surface area contributed by atoms with Crippen molar-refractivity contribution in [2.75, 3.05) is 11.4 Å². The highest BCUT2D eigenvalue weighted by atomic mass is 79.9. The minimum atomic E-state index is 0.513. The highest BCUT2D eigenvalue weighted by Gasteiger charge is 2.25. The van der Waals surface area contributed by atoms with Crippen LogP contribution in [0, 0.1) is 5.92 Å². The fourth-order valence-electron chi connectivity index (χ4n) is 2.41. The van der Waals surface area contributed by atoms with Crippen LogP contribution in [0.2, 0.25) is 0 Å². The molecule has 0 aliphatic carbocycles. The minimum absolute atomic E-state index is 0.513. The predicted octanol–water partition coefficient (Wildman–Crippen LogP) is 4.21. The zero-order valence-electron chi connectivity index (χ0n) is 10.3. The molecule has 4 heteroatoms. The molecule has 0 saturated carbocycles. The van der Waals surface area contributed by atoms with Crippen LogP contribution in [0.25, 0.3) is 0 Å². The van der Waals surface area contributed by atoms with Crippen molar-refractivity contribution in [2.45, 2.75) is 38.6 Å². The van der Waals surface area contributed by atoms with Gasteiger partial charge >= 0.3 is 0 Å². The summed E-state index contributed by atoms with van der Waals surface area (Å²) in [7, 11) is 0. The van der Waals surface area contributed by atoms with E-state index in [9.17, 15) is 0 Å². The summed E-state index contributed by atoms with van der Waals surface area (Å²) >= 11 is 9.47. The number of pyridine rings is 1. The summed E-state index contributed by atoms with van der Waals surface area (Å²) in [6, 6.07) is 2.63. The number of aromatic nitrogens is 1. The molecule has 2 nitrogen and oxygen atoms in total. The van der Waals surface area contributed by atoms with Gasteiger partial charge in [0.15, 0.2) is 0 Å². The quantitative estimate of drug-likeness (QED) is 0.760. The topological polar surface area (TPSA) is 16.1 Å². The third kappa shape index (κ3) is 2.94. The Morgan fingerprint density at radius 2 is 2.24 bits per heavy atom. The lowest BCUT2D eigenvalue weighted by Crippen LogP contribution is -2.42.